The number of alkyl halides is 1. The van der Waals surface area contributed by atoms with Crippen LogP contribution in [0.4, 0.5) is 0 Å². The van der Waals surface area contributed by atoms with E-state index in [9.17, 15) is 0 Å². The molecule has 2 rings (SSSR count). The standard InChI is InChI=1S/C13H18Cl2N2O/c14-4-8-18-12-2-6-17(7-3-12)10-11-1-5-16-9-13(11)15/h1,5,9,12H,2-4,6-8,10H2. The summed E-state index contributed by atoms with van der Waals surface area (Å²) >= 11 is 11.7. The largest absolute Gasteiger partial charge is 0.377 e. The van der Waals surface area contributed by atoms with E-state index < -0.39 is 0 Å². The molecule has 0 N–H and O–H groups in total. The van der Waals surface area contributed by atoms with Crippen molar-refractivity contribution in [2.24, 2.45) is 0 Å². The molecular weight excluding hydrogens is 271 g/mol. The molecule has 0 unspecified atom stereocenters. The van der Waals surface area contributed by atoms with E-state index in [1.807, 2.05) is 6.07 Å². The average Bonchev–Trinajstić information content (AvgIpc) is 2.41. The van der Waals surface area contributed by atoms with Gasteiger partial charge in [0.15, 0.2) is 0 Å². The van der Waals surface area contributed by atoms with Crippen LogP contribution in [0.1, 0.15) is 18.4 Å². The maximum absolute atomic E-state index is 6.11. The second-order valence-electron chi connectivity index (χ2n) is 4.50. The van der Waals surface area contributed by atoms with Gasteiger partial charge < -0.3 is 4.74 Å². The number of hydrogen-bond donors (Lipinski definition) is 0. The van der Waals surface area contributed by atoms with Gasteiger partial charge in [-0.3, -0.25) is 9.88 Å². The van der Waals surface area contributed by atoms with Crippen LogP contribution in [0.15, 0.2) is 18.5 Å². The van der Waals surface area contributed by atoms with Crippen molar-refractivity contribution in [1.82, 2.24) is 9.88 Å². The Morgan fingerprint density at radius 3 is 2.83 bits per heavy atom. The zero-order valence-corrected chi connectivity index (χ0v) is 11.8. The van der Waals surface area contributed by atoms with Gasteiger partial charge in [0.05, 0.1) is 17.7 Å². The summed E-state index contributed by atoms with van der Waals surface area (Å²) in [5.41, 5.74) is 1.15. The van der Waals surface area contributed by atoms with Crippen LogP contribution in [0.2, 0.25) is 5.02 Å². The van der Waals surface area contributed by atoms with Crippen LogP contribution in [0, 0.1) is 0 Å². The second-order valence-corrected chi connectivity index (χ2v) is 5.29. The fourth-order valence-electron chi connectivity index (χ4n) is 2.22. The zero-order valence-electron chi connectivity index (χ0n) is 10.3. The Labute approximate surface area is 118 Å². The minimum absolute atomic E-state index is 0.368. The molecule has 0 radical (unpaired) electrons. The first-order valence-electron chi connectivity index (χ1n) is 6.28. The first kappa shape index (κ1) is 14.1. The van der Waals surface area contributed by atoms with Gasteiger partial charge >= 0.3 is 0 Å². The van der Waals surface area contributed by atoms with Gasteiger partial charge in [-0.15, -0.1) is 11.6 Å². The predicted molar refractivity (Wildman–Crippen MR) is 74.2 cm³/mol. The molecule has 1 aliphatic rings. The van der Waals surface area contributed by atoms with Crippen LogP contribution in [-0.4, -0.2) is 41.6 Å². The minimum atomic E-state index is 0.368. The smallest absolute Gasteiger partial charge is 0.0634 e. The van der Waals surface area contributed by atoms with Crippen molar-refractivity contribution in [2.75, 3.05) is 25.6 Å². The molecule has 0 aliphatic carbocycles. The average molecular weight is 289 g/mol. The van der Waals surface area contributed by atoms with E-state index in [0.717, 1.165) is 43.1 Å². The lowest BCUT2D eigenvalue weighted by molar-refractivity contribution is 0.0135. The Morgan fingerprint density at radius 2 is 2.17 bits per heavy atom. The van der Waals surface area contributed by atoms with E-state index >= 15 is 0 Å². The van der Waals surface area contributed by atoms with E-state index in [2.05, 4.69) is 9.88 Å². The summed E-state index contributed by atoms with van der Waals surface area (Å²) < 4.78 is 5.66. The van der Waals surface area contributed by atoms with Crippen molar-refractivity contribution >= 4 is 23.2 Å². The zero-order chi connectivity index (χ0) is 12.8. The highest BCUT2D eigenvalue weighted by atomic mass is 35.5. The number of halogens is 2. The molecule has 3 nitrogen and oxygen atoms in total. The first-order chi connectivity index (χ1) is 8.79. The van der Waals surface area contributed by atoms with E-state index in [4.69, 9.17) is 27.9 Å². The Bertz CT molecular complexity index is 368. The normalized spacial score (nSPS) is 18.1. The van der Waals surface area contributed by atoms with Gasteiger partial charge in [-0.25, -0.2) is 0 Å². The SMILES string of the molecule is ClCCOC1CCN(Cc2ccncc2Cl)CC1. The molecule has 1 aliphatic heterocycles. The van der Waals surface area contributed by atoms with Gasteiger partial charge in [0, 0.05) is 37.9 Å². The number of pyridine rings is 1. The summed E-state index contributed by atoms with van der Waals surface area (Å²) in [6.45, 7) is 3.64. The highest BCUT2D eigenvalue weighted by Crippen LogP contribution is 2.20. The van der Waals surface area contributed by atoms with Crippen molar-refractivity contribution in [3.05, 3.63) is 29.0 Å². The number of piperidine rings is 1. The third-order valence-corrected chi connectivity index (χ3v) is 3.71. The van der Waals surface area contributed by atoms with Crippen molar-refractivity contribution in [2.45, 2.75) is 25.5 Å². The van der Waals surface area contributed by atoms with Gasteiger partial charge in [-0.2, -0.15) is 0 Å². The molecule has 0 aromatic carbocycles. The van der Waals surface area contributed by atoms with Gasteiger partial charge in [0.1, 0.15) is 0 Å². The number of nitrogens with zero attached hydrogens (tertiary/aromatic N) is 2. The molecule has 0 atom stereocenters. The Kier molecular flexibility index (Phi) is 5.70. The third kappa shape index (κ3) is 4.09. The predicted octanol–water partition coefficient (Wildman–Crippen LogP) is 2.95. The van der Waals surface area contributed by atoms with E-state index in [1.54, 1.807) is 12.4 Å². The number of rotatable bonds is 5. The molecule has 1 saturated heterocycles. The van der Waals surface area contributed by atoms with Gasteiger partial charge in [-0.05, 0) is 24.5 Å². The van der Waals surface area contributed by atoms with Crippen molar-refractivity contribution in [3.63, 3.8) is 0 Å². The monoisotopic (exact) mass is 288 g/mol. The van der Waals surface area contributed by atoms with Crippen LogP contribution >= 0.6 is 23.2 Å². The second kappa shape index (κ2) is 7.29. The van der Waals surface area contributed by atoms with Crippen LogP contribution in [0.5, 0.6) is 0 Å². The van der Waals surface area contributed by atoms with E-state index in [1.165, 1.54) is 0 Å². The van der Waals surface area contributed by atoms with Crippen LogP contribution in [-0.2, 0) is 11.3 Å². The molecule has 0 amide bonds. The highest BCUT2D eigenvalue weighted by molar-refractivity contribution is 6.31. The number of likely N-dealkylation sites (tertiary alicyclic amines) is 1. The molecule has 100 valence electrons. The minimum Gasteiger partial charge on any atom is -0.377 e. The lowest BCUT2D eigenvalue weighted by Crippen LogP contribution is -2.36. The molecule has 1 aromatic rings. The van der Waals surface area contributed by atoms with Crippen LogP contribution in [0.25, 0.3) is 0 Å². The fourth-order valence-corrected chi connectivity index (χ4v) is 2.49. The Hall–Kier alpha value is -0.350. The van der Waals surface area contributed by atoms with Crippen LogP contribution < -0.4 is 0 Å². The summed E-state index contributed by atoms with van der Waals surface area (Å²) in [7, 11) is 0. The summed E-state index contributed by atoms with van der Waals surface area (Å²) in [5.74, 6) is 0.576. The summed E-state index contributed by atoms with van der Waals surface area (Å²) in [4.78, 5) is 6.41. The molecule has 2 heterocycles. The molecular formula is C13H18Cl2N2O. The first-order valence-corrected chi connectivity index (χ1v) is 7.19. The number of hydrogen-bond acceptors (Lipinski definition) is 3. The van der Waals surface area contributed by atoms with Gasteiger partial charge in [-0.1, -0.05) is 11.6 Å². The maximum Gasteiger partial charge on any atom is 0.0634 e. The Morgan fingerprint density at radius 1 is 1.39 bits per heavy atom. The molecule has 5 heteroatoms. The van der Waals surface area contributed by atoms with Crippen molar-refractivity contribution < 1.29 is 4.74 Å². The summed E-state index contributed by atoms with van der Waals surface area (Å²) in [6, 6.07) is 1.98. The topological polar surface area (TPSA) is 25.4 Å². The molecule has 0 saturated carbocycles. The van der Waals surface area contributed by atoms with Gasteiger partial charge in [0.2, 0.25) is 0 Å². The van der Waals surface area contributed by atoms with Crippen molar-refractivity contribution in [1.29, 1.82) is 0 Å². The van der Waals surface area contributed by atoms with Gasteiger partial charge in [0.25, 0.3) is 0 Å². The Balaban J connectivity index is 1.78. The molecule has 1 fully saturated rings. The molecule has 0 spiro atoms. The molecule has 1 aromatic heterocycles. The quantitative estimate of drug-likeness (QED) is 0.779. The molecule has 18 heavy (non-hydrogen) atoms. The van der Waals surface area contributed by atoms with Crippen LogP contribution in [0.3, 0.4) is 0 Å². The van der Waals surface area contributed by atoms with E-state index in [-0.39, 0.29) is 0 Å². The summed E-state index contributed by atoms with van der Waals surface area (Å²) in [6.07, 6.45) is 6.00. The van der Waals surface area contributed by atoms with Crippen molar-refractivity contribution in [3.8, 4) is 0 Å². The number of aromatic nitrogens is 1. The third-order valence-electron chi connectivity index (χ3n) is 3.22. The highest BCUT2D eigenvalue weighted by Gasteiger charge is 2.19. The fraction of sp³-hybridized carbons (Fsp3) is 0.615. The lowest BCUT2D eigenvalue weighted by Gasteiger charge is -2.31. The maximum atomic E-state index is 6.11. The lowest BCUT2D eigenvalue weighted by atomic mass is 10.1. The van der Waals surface area contributed by atoms with E-state index in [0.29, 0.717) is 18.6 Å². The number of ether oxygens (including phenoxy) is 1. The molecule has 0 bridgehead atoms. The summed E-state index contributed by atoms with van der Waals surface area (Å²) in [5, 5.41) is 0.748.